The lowest BCUT2D eigenvalue weighted by molar-refractivity contribution is 0.0697. The van der Waals surface area contributed by atoms with Crippen LogP contribution in [-0.4, -0.2) is 28.4 Å². The quantitative estimate of drug-likeness (QED) is 0.772. The predicted molar refractivity (Wildman–Crippen MR) is 87.5 cm³/mol. The maximum absolute atomic E-state index is 11.0. The number of aromatic nitrogens is 2. The molecule has 0 fully saturated rings. The van der Waals surface area contributed by atoms with E-state index in [9.17, 15) is 4.79 Å². The van der Waals surface area contributed by atoms with Crippen molar-refractivity contribution in [1.29, 1.82) is 0 Å². The summed E-state index contributed by atoms with van der Waals surface area (Å²) >= 11 is 0. The molecule has 2 aromatic carbocycles. The van der Waals surface area contributed by atoms with Gasteiger partial charge < -0.3 is 14.6 Å². The topological polar surface area (TPSA) is 81.5 Å². The maximum Gasteiger partial charge on any atom is 0.335 e. The molecule has 0 saturated heterocycles. The number of rotatable bonds is 5. The number of hydrogen-bond acceptors (Lipinski definition) is 5. The first kappa shape index (κ1) is 15.5. The summed E-state index contributed by atoms with van der Waals surface area (Å²) in [5, 5.41) is 17.1. The summed E-state index contributed by atoms with van der Waals surface area (Å²) < 4.78 is 10.7. The molecule has 0 spiro atoms. The predicted octanol–water partition coefficient (Wildman–Crippen LogP) is 3.64. The second kappa shape index (κ2) is 6.78. The molecule has 6 nitrogen and oxygen atoms in total. The van der Waals surface area contributed by atoms with Gasteiger partial charge in [0.2, 0.25) is 5.88 Å². The van der Waals surface area contributed by atoms with Crippen LogP contribution in [0.2, 0.25) is 0 Å². The van der Waals surface area contributed by atoms with E-state index in [0.717, 1.165) is 5.75 Å². The average Bonchev–Trinajstić information content (AvgIpc) is 2.63. The summed E-state index contributed by atoms with van der Waals surface area (Å²) in [4.78, 5) is 11.0. The summed E-state index contributed by atoms with van der Waals surface area (Å²) in [5.74, 6) is 0.718. The summed E-state index contributed by atoms with van der Waals surface area (Å²) in [5.41, 5.74) is 1.45. The first-order valence-electron chi connectivity index (χ1n) is 7.15. The third-order valence-corrected chi connectivity index (χ3v) is 3.33. The van der Waals surface area contributed by atoms with Crippen molar-refractivity contribution in [2.24, 2.45) is 0 Å². The Hall–Kier alpha value is -3.41. The molecule has 24 heavy (non-hydrogen) atoms. The molecule has 0 radical (unpaired) electrons. The van der Waals surface area contributed by atoms with Gasteiger partial charge in [-0.2, -0.15) is 0 Å². The van der Waals surface area contributed by atoms with E-state index in [2.05, 4.69) is 10.2 Å². The Balaban J connectivity index is 1.77. The van der Waals surface area contributed by atoms with Crippen LogP contribution in [0, 0.1) is 0 Å². The van der Waals surface area contributed by atoms with E-state index in [1.807, 2.05) is 0 Å². The highest BCUT2D eigenvalue weighted by atomic mass is 16.5. The van der Waals surface area contributed by atoms with Gasteiger partial charge in [0, 0.05) is 11.6 Å². The van der Waals surface area contributed by atoms with Crippen LogP contribution in [0.3, 0.4) is 0 Å². The first-order valence-corrected chi connectivity index (χ1v) is 7.15. The molecule has 0 unspecified atom stereocenters. The molecule has 0 aliphatic rings. The monoisotopic (exact) mass is 322 g/mol. The van der Waals surface area contributed by atoms with E-state index < -0.39 is 5.97 Å². The minimum atomic E-state index is -0.982. The van der Waals surface area contributed by atoms with Crippen LogP contribution in [0.15, 0.2) is 60.7 Å². The number of benzene rings is 2. The van der Waals surface area contributed by atoms with Crippen molar-refractivity contribution in [3.8, 4) is 28.6 Å². The number of carboxylic acids is 1. The third kappa shape index (κ3) is 3.49. The number of aromatic carboxylic acids is 1. The fourth-order valence-corrected chi connectivity index (χ4v) is 2.10. The summed E-state index contributed by atoms with van der Waals surface area (Å²) in [6, 6.07) is 17.0. The molecule has 3 rings (SSSR count). The van der Waals surface area contributed by atoms with Crippen LogP contribution < -0.4 is 9.47 Å². The Bertz CT molecular complexity index is 846. The number of methoxy groups -OCH3 is 1. The third-order valence-electron chi connectivity index (χ3n) is 3.33. The van der Waals surface area contributed by atoms with Gasteiger partial charge in [0.15, 0.2) is 0 Å². The standard InChI is InChI=1S/C18H14N2O4/c1-23-14-5-7-15(8-6-14)24-17-10-9-16(19-20-17)12-3-2-4-13(11-12)18(21)22/h2-11H,1H3,(H,21,22). The molecule has 1 heterocycles. The van der Waals surface area contributed by atoms with Gasteiger partial charge in [0.05, 0.1) is 18.4 Å². The van der Waals surface area contributed by atoms with Crippen LogP contribution in [0.4, 0.5) is 0 Å². The molecule has 0 amide bonds. The molecule has 0 bridgehead atoms. The molecule has 0 saturated carbocycles. The fraction of sp³-hybridized carbons (Fsp3) is 0.0556. The summed E-state index contributed by atoms with van der Waals surface area (Å²) in [6.07, 6.45) is 0. The Morgan fingerprint density at radius 3 is 2.33 bits per heavy atom. The number of hydrogen-bond donors (Lipinski definition) is 1. The van der Waals surface area contributed by atoms with Crippen LogP contribution in [0.25, 0.3) is 11.3 Å². The lowest BCUT2D eigenvalue weighted by Crippen LogP contribution is -1.97. The molecule has 120 valence electrons. The van der Waals surface area contributed by atoms with Gasteiger partial charge in [-0.25, -0.2) is 4.79 Å². The lowest BCUT2D eigenvalue weighted by Gasteiger charge is -2.06. The minimum Gasteiger partial charge on any atom is -0.497 e. The molecule has 1 N–H and O–H groups in total. The van der Waals surface area contributed by atoms with Gasteiger partial charge in [-0.1, -0.05) is 12.1 Å². The van der Waals surface area contributed by atoms with Gasteiger partial charge in [-0.15, -0.1) is 10.2 Å². The van der Waals surface area contributed by atoms with E-state index in [1.54, 1.807) is 61.7 Å². The Morgan fingerprint density at radius 1 is 0.958 bits per heavy atom. The van der Waals surface area contributed by atoms with Gasteiger partial charge in [-0.05, 0) is 42.5 Å². The Morgan fingerprint density at radius 2 is 1.71 bits per heavy atom. The van der Waals surface area contributed by atoms with Crippen molar-refractivity contribution in [1.82, 2.24) is 10.2 Å². The zero-order valence-electron chi connectivity index (χ0n) is 12.8. The molecular weight excluding hydrogens is 308 g/mol. The first-order chi connectivity index (χ1) is 11.7. The smallest absolute Gasteiger partial charge is 0.335 e. The van der Waals surface area contributed by atoms with Crippen LogP contribution in [0.1, 0.15) is 10.4 Å². The van der Waals surface area contributed by atoms with Gasteiger partial charge in [0.25, 0.3) is 0 Å². The Labute approximate surface area is 138 Å². The fourth-order valence-electron chi connectivity index (χ4n) is 2.10. The summed E-state index contributed by atoms with van der Waals surface area (Å²) in [7, 11) is 1.60. The van der Waals surface area contributed by atoms with Crippen molar-refractivity contribution in [3.05, 3.63) is 66.2 Å². The number of nitrogens with zero attached hydrogens (tertiary/aromatic N) is 2. The molecule has 1 aromatic heterocycles. The van der Waals surface area contributed by atoms with Gasteiger partial charge in [-0.3, -0.25) is 0 Å². The number of ether oxygens (including phenoxy) is 2. The largest absolute Gasteiger partial charge is 0.497 e. The second-order valence-electron chi connectivity index (χ2n) is 4.92. The van der Waals surface area contributed by atoms with E-state index >= 15 is 0 Å². The molecule has 0 aliphatic heterocycles. The average molecular weight is 322 g/mol. The maximum atomic E-state index is 11.0. The van der Waals surface area contributed by atoms with Crippen molar-refractivity contribution in [2.45, 2.75) is 0 Å². The Kier molecular flexibility index (Phi) is 4.38. The van der Waals surface area contributed by atoms with Crippen molar-refractivity contribution in [2.75, 3.05) is 7.11 Å². The van der Waals surface area contributed by atoms with Crippen LogP contribution in [0.5, 0.6) is 17.4 Å². The second-order valence-corrected chi connectivity index (χ2v) is 4.92. The zero-order valence-corrected chi connectivity index (χ0v) is 12.8. The number of carbonyl (C=O) groups is 1. The van der Waals surface area contributed by atoms with Crippen LogP contribution in [-0.2, 0) is 0 Å². The van der Waals surface area contributed by atoms with Gasteiger partial charge in [0.1, 0.15) is 11.5 Å². The summed E-state index contributed by atoms with van der Waals surface area (Å²) in [6.45, 7) is 0. The highest BCUT2D eigenvalue weighted by Crippen LogP contribution is 2.24. The van der Waals surface area contributed by atoms with E-state index in [1.165, 1.54) is 6.07 Å². The van der Waals surface area contributed by atoms with E-state index in [-0.39, 0.29) is 5.56 Å². The normalized spacial score (nSPS) is 10.2. The highest BCUT2D eigenvalue weighted by Gasteiger charge is 2.07. The van der Waals surface area contributed by atoms with E-state index in [0.29, 0.717) is 22.9 Å². The van der Waals surface area contributed by atoms with Crippen molar-refractivity contribution in [3.63, 3.8) is 0 Å². The molecule has 6 heteroatoms. The molecular formula is C18H14N2O4. The number of carboxylic acid groups (broad SMARTS) is 1. The molecule has 0 atom stereocenters. The SMILES string of the molecule is COc1ccc(Oc2ccc(-c3cccc(C(=O)O)c3)nn2)cc1. The highest BCUT2D eigenvalue weighted by molar-refractivity contribution is 5.89. The minimum absolute atomic E-state index is 0.202. The molecule has 0 aliphatic carbocycles. The van der Waals surface area contributed by atoms with Crippen molar-refractivity contribution < 1.29 is 19.4 Å². The van der Waals surface area contributed by atoms with Crippen molar-refractivity contribution >= 4 is 5.97 Å². The van der Waals surface area contributed by atoms with E-state index in [4.69, 9.17) is 14.6 Å². The lowest BCUT2D eigenvalue weighted by atomic mass is 10.1. The molecule has 3 aromatic rings. The van der Waals surface area contributed by atoms with Gasteiger partial charge >= 0.3 is 5.97 Å². The zero-order chi connectivity index (χ0) is 16.9. The van der Waals surface area contributed by atoms with Crippen LogP contribution >= 0.6 is 0 Å².